The number of carbonyl (C=O) groups is 2. The molecular weight excluding hydrogens is 209 g/mol. The molecule has 0 spiro atoms. The molecule has 15 heavy (non-hydrogen) atoms. The van der Waals surface area contributed by atoms with Gasteiger partial charge in [0.1, 0.15) is 12.7 Å². The van der Waals surface area contributed by atoms with E-state index in [1.807, 2.05) is 0 Å². The predicted octanol–water partition coefficient (Wildman–Crippen LogP) is 2.63. The largest absolute Gasteiger partial charge is 0.396 e. The van der Waals surface area contributed by atoms with Crippen molar-refractivity contribution in [2.24, 2.45) is 0 Å². The summed E-state index contributed by atoms with van der Waals surface area (Å²) in [5, 5.41) is 0. The van der Waals surface area contributed by atoms with Gasteiger partial charge in [-0.05, 0) is 6.07 Å². The first-order valence-corrected chi connectivity index (χ1v) is 4.07. The summed E-state index contributed by atoms with van der Waals surface area (Å²) in [6.07, 6.45) is -5.55. The van der Waals surface area contributed by atoms with Gasteiger partial charge in [-0.25, -0.2) is 0 Å². The third-order valence-electron chi connectivity index (χ3n) is 1.71. The molecule has 80 valence electrons. The molecule has 5 heteroatoms. The molecule has 0 saturated heterocycles. The normalized spacial score (nSPS) is 11.1. The SMILES string of the molecule is O=Cc1cccc(C(=O)CC(F)(F)F)c1. The number of alkyl halides is 3. The molecular formula is C10H7F3O2. The summed E-state index contributed by atoms with van der Waals surface area (Å²) in [6.45, 7) is 0. The van der Waals surface area contributed by atoms with E-state index >= 15 is 0 Å². The van der Waals surface area contributed by atoms with Crippen LogP contribution in [0.4, 0.5) is 13.2 Å². The molecule has 1 rings (SSSR count). The van der Waals surface area contributed by atoms with Gasteiger partial charge in [0.25, 0.3) is 0 Å². The number of halogens is 3. The number of rotatable bonds is 3. The molecule has 1 aromatic carbocycles. The van der Waals surface area contributed by atoms with Crippen molar-refractivity contribution in [1.29, 1.82) is 0 Å². The van der Waals surface area contributed by atoms with Crippen LogP contribution in [0.3, 0.4) is 0 Å². The van der Waals surface area contributed by atoms with Crippen molar-refractivity contribution in [2.75, 3.05) is 0 Å². The van der Waals surface area contributed by atoms with Gasteiger partial charge in [0, 0.05) is 11.1 Å². The van der Waals surface area contributed by atoms with Gasteiger partial charge in [0.15, 0.2) is 5.78 Å². The van der Waals surface area contributed by atoms with Gasteiger partial charge in [0.2, 0.25) is 0 Å². The lowest BCUT2D eigenvalue weighted by molar-refractivity contribution is -0.125. The van der Waals surface area contributed by atoms with Gasteiger partial charge in [-0.3, -0.25) is 9.59 Å². The number of ketones is 1. The second-order valence-electron chi connectivity index (χ2n) is 2.96. The summed E-state index contributed by atoms with van der Waals surface area (Å²) in [7, 11) is 0. The van der Waals surface area contributed by atoms with Crippen LogP contribution >= 0.6 is 0 Å². The Kier molecular flexibility index (Phi) is 3.24. The summed E-state index contributed by atoms with van der Waals surface area (Å²) >= 11 is 0. The first kappa shape index (κ1) is 11.4. The van der Waals surface area contributed by atoms with Gasteiger partial charge in [0.05, 0.1) is 0 Å². The molecule has 0 heterocycles. The molecule has 0 unspecified atom stereocenters. The summed E-state index contributed by atoms with van der Waals surface area (Å²) in [5.41, 5.74) is 0.0833. The average Bonchev–Trinajstić information content (AvgIpc) is 2.15. The Morgan fingerprint density at radius 3 is 2.53 bits per heavy atom. The monoisotopic (exact) mass is 216 g/mol. The van der Waals surface area contributed by atoms with E-state index in [1.54, 1.807) is 0 Å². The minimum atomic E-state index is -4.52. The fourth-order valence-corrected chi connectivity index (χ4v) is 1.07. The summed E-state index contributed by atoms with van der Waals surface area (Å²) < 4.78 is 35.7. The van der Waals surface area contributed by atoms with Crippen LogP contribution in [0.2, 0.25) is 0 Å². The van der Waals surface area contributed by atoms with Crippen molar-refractivity contribution in [2.45, 2.75) is 12.6 Å². The Hall–Kier alpha value is -1.65. The lowest BCUT2D eigenvalue weighted by Gasteiger charge is -2.05. The highest BCUT2D eigenvalue weighted by molar-refractivity contribution is 5.97. The summed E-state index contributed by atoms with van der Waals surface area (Å²) in [4.78, 5) is 21.4. The highest BCUT2D eigenvalue weighted by Gasteiger charge is 2.31. The van der Waals surface area contributed by atoms with E-state index in [2.05, 4.69) is 0 Å². The Labute approximate surface area is 83.7 Å². The van der Waals surface area contributed by atoms with Gasteiger partial charge in [-0.2, -0.15) is 13.2 Å². The van der Waals surface area contributed by atoms with E-state index < -0.39 is 18.4 Å². The molecule has 0 fully saturated rings. The zero-order valence-electron chi connectivity index (χ0n) is 7.54. The third-order valence-corrected chi connectivity index (χ3v) is 1.71. The second kappa shape index (κ2) is 4.25. The Bertz CT molecular complexity index is 382. The molecule has 2 nitrogen and oxygen atoms in total. The van der Waals surface area contributed by atoms with Crippen LogP contribution in [0.15, 0.2) is 24.3 Å². The third kappa shape index (κ3) is 3.53. The van der Waals surface area contributed by atoms with Gasteiger partial charge in [-0.15, -0.1) is 0 Å². The fraction of sp³-hybridized carbons (Fsp3) is 0.200. The van der Waals surface area contributed by atoms with E-state index in [1.165, 1.54) is 18.2 Å². The van der Waals surface area contributed by atoms with Crippen LogP contribution in [-0.2, 0) is 0 Å². The smallest absolute Gasteiger partial charge is 0.298 e. The van der Waals surface area contributed by atoms with Crippen molar-refractivity contribution < 1.29 is 22.8 Å². The Morgan fingerprint density at radius 1 is 1.33 bits per heavy atom. The zero-order valence-corrected chi connectivity index (χ0v) is 7.54. The molecule has 0 aliphatic rings. The van der Waals surface area contributed by atoms with E-state index in [-0.39, 0.29) is 11.1 Å². The number of benzene rings is 1. The second-order valence-corrected chi connectivity index (χ2v) is 2.96. The number of hydrogen-bond donors (Lipinski definition) is 0. The maximum absolute atomic E-state index is 11.9. The first-order chi connectivity index (χ1) is 6.92. The van der Waals surface area contributed by atoms with Crippen LogP contribution in [-0.4, -0.2) is 18.2 Å². The molecule has 0 aromatic heterocycles. The van der Waals surface area contributed by atoms with Crippen molar-refractivity contribution in [1.82, 2.24) is 0 Å². The molecule has 0 amide bonds. The van der Waals surface area contributed by atoms with E-state index in [0.717, 1.165) is 6.07 Å². The quantitative estimate of drug-likeness (QED) is 0.575. The average molecular weight is 216 g/mol. The molecule has 0 atom stereocenters. The number of aldehydes is 1. The Morgan fingerprint density at radius 2 is 2.00 bits per heavy atom. The topological polar surface area (TPSA) is 34.1 Å². The van der Waals surface area contributed by atoms with Gasteiger partial charge >= 0.3 is 6.18 Å². The van der Waals surface area contributed by atoms with Gasteiger partial charge in [-0.1, -0.05) is 18.2 Å². The number of Topliss-reactive ketones (excluding diaryl/α,β-unsaturated/α-hetero) is 1. The van der Waals surface area contributed by atoms with Crippen molar-refractivity contribution in [3.05, 3.63) is 35.4 Å². The minimum absolute atomic E-state index is 0.100. The minimum Gasteiger partial charge on any atom is -0.298 e. The standard InChI is InChI=1S/C10H7F3O2/c11-10(12,13)5-9(15)8-3-1-2-7(4-8)6-14/h1-4,6H,5H2. The van der Waals surface area contributed by atoms with E-state index in [9.17, 15) is 22.8 Å². The molecule has 0 radical (unpaired) electrons. The molecule has 0 N–H and O–H groups in total. The summed E-state index contributed by atoms with van der Waals surface area (Å²) in [5.74, 6) is -1.04. The lowest BCUT2D eigenvalue weighted by Crippen LogP contribution is -2.15. The first-order valence-electron chi connectivity index (χ1n) is 4.07. The van der Waals surface area contributed by atoms with Crippen LogP contribution in [0.1, 0.15) is 27.1 Å². The highest BCUT2D eigenvalue weighted by Crippen LogP contribution is 2.22. The molecule has 0 bridgehead atoms. The highest BCUT2D eigenvalue weighted by atomic mass is 19.4. The summed E-state index contributed by atoms with van der Waals surface area (Å²) in [6, 6.07) is 5.17. The Balaban J connectivity index is 2.87. The van der Waals surface area contributed by atoms with E-state index in [4.69, 9.17) is 0 Å². The molecule has 1 aromatic rings. The number of hydrogen-bond acceptors (Lipinski definition) is 2. The number of carbonyl (C=O) groups excluding carboxylic acids is 2. The predicted molar refractivity (Wildman–Crippen MR) is 46.8 cm³/mol. The van der Waals surface area contributed by atoms with Crippen molar-refractivity contribution >= 4 is 12.1 Å². The van der Waals surface area contributed by atoms with Crippen molar-refractivity contribution in [3.8, 4) is 0 Å². The molecule has 0 saturated carbocycles. The molecule has 0 aliphatic carbocycles. The van der Waals surface area contributed by atoms with Crippen LogP contribution in [0, 0.1) is 0 Å². The van der Waals surface area contributed by atoms with Crippen LogP contribution in [0.25, 0.3) is 0 Å². The fourth-order valence-electron chi connectivity index (χ4n) is 1.07. The van der Waals surface area contributed by atoms with Gasteiger partial charge < -0.3 is 0 Å². The van der Waals surface area contributed by atoms with Crippen LogP contribution in [0.5, 0.6) is 0 Å². The molecule has 0 aliphatic heterocycles. The van der Waals surface area contributed by atoms with E-state index in [0.29, 0.717) is 6.29 Å². The maximum Gasteiger partial charge on any atom is 0.396 e. The van der Waals surface area contributed by atoms with Crippen LogP contribution < -0.4 is 0 Å². The van der Waals surface area contributed by atoms with Crippen molar-refractivity contribution in [3.63, 3.8) is 0 Å². The maximum atomic E-state index is 11.9. The zero-order chi connectivity index (χ0) is 11.5. The lowest BCUT2D eigenvalue weighted by atomic mass is 10.1.